The van der Waals surface area contributed by atoms with Crippen LogP contribution < -0.4 is 4.31 Å². The third-order valence-corrected chi connectivity index (χ3v) is 8.74. The fraction of sp³-hybridized carbons (Fsp3) is 0.154. The smallest absolute Gasteiger partial charge is 0.327 e. The van der Waals surface area contributed by atoms with Crippen molar-refractivity contribution in [2.45, 2.75) is 34.9 Å². The quantitative estimate of drug-likeness (QED) is 0.346. The minimum Gasteiger partial charge on any atom is -0.480 e. The molecular weight excluding hydrogens is 484 g/mol. The summed E-state index contributed by atoms with van der Waals surface area (Å²) in [6.45, 7) is 1.87. The Labute approximate surface area is 207 Å². The van der Waals surface area contributed by atoms with E-state index in [4.69, 9.17) is 4.42 Å². The average Bonchev–Trinajstić information content (AvgIpc) is 3.45. The van der Waals surface area contributed by atoms with E-state index in [2.05, 4.69) is 4.98 Å². The van der Waals surface area contributed by atoms with Gasteiger partial charge in [0, 0.05) is 22.6 Å². The Balaban J connectivity index is 1.34. The lowest BCUT2D eigenvalue weighted by Crippen LogP contribution is -2.42. The molecule has 1 aliphatic heterocycles. The lowest BCUT2D eigenvalue weighted by molar-refractivity contribution is -0.138. The molecule has 1 aliphatic rings. The molecule has 9 heteroatoms. The highest BCUT2D eigenvalue weighted by Gasteiger charge is 2.42. The van der Waals surface area contributed by atoms with E-state index in [1.54, 1.807) is 36.4 Å². The summed E-state index contributed by atoms with van der Waals surface area (Å²) in [6, 6.07) is 21.9. The van der Waals surface area contributed by atoms with Crippen LogP contribution in [0.1, 0.15) is 17.0 Å². The van der Waals surface area contributed by atoms with Crippen LogP contribution in [0.4, 0.5) is 5.69 Å². The monoisotopic (exact) mass is 506 g/mol. The van der Waals surface area contributed by atoms with Crippen molar-refractivity contribution in [3.05, 3.63) is 95.9 Å². The summed E-state index contributed by atoms with van der Waals surface area (Å²) in [5.74, 6) is 0.700. The minimum absolute atomic E-state index is 0.0498. The molecule has 7 nitrogen and oxygen atoms in total. The lowest BCUT2D eigenvalue weighted by atomic mass is 10.1. The summed E-state index contributed by atoms with van der Waals surface area (Å²) in [5.41, 5.74) is 2.84. The molecule has 0 unspecified atom stereocenters. The molecule has 2 heterocycles. The highest BCUT2D eigenvalue weighted by molar-refractivity contribution is 7.98. The third-order valence-electron chi connectivity index (χ3n) is 5.88. The van der Waals surface area contributed by atoms with Gasteiger partial charge >= 0.3 is 5.97 Å². The van der Waals surface area contributed by atoms with Gasteiger partial charge < -0.3 is 9.52 Å². The van der Waals surface area contributed by atoms with Gasteiger partial charge in [0.1, 0.15) is 11.8 Å². The zero-order valence-electron chi connectivity index (χ0n) is 18.8. The molecule has 0 spiro atoms. The number of carboxylic acids is 1. The van der Waals surface area contributed by atoms with Gasteiger partial charge in [-0.15, -0.1) is 11.8 Å². The molecule has 178 valence electrons. The number of carboxylic acid groups (broad SMARTS) is 1. The van der Waals surface area contributed by atoms with Crippen LogP contribution in [0, 0.1) is 6.92 Å². The predicted octanol–water partition coefficient (Wildman–Crippen LogP) is 5.15. The number of thioether (sulfide) groups is 1. The summed E-state index contributed by atoms with van der Waals surface area (Å²) < 4.78 is 33.7. The molecule has 35 heavy (non-hydrogen) atoms. The second-order valence-corrected chi connectivity index (χ2v) is 11.0. The third kappa shape index (κ3) is 4.44. The van der Waals surface area contributed by atoms with Crippen LogP contribution in [0.5, 0.6) is 0 Å². The Bertz CT molecular complexity index is 1480. The molecule has 3 aromatic carbocycles. The van der Waals surface area contributed by atoms with Gasteiger partial charge in [0.15, 0.2) is 0 Å². The fourth-order valence-corrected chi connectivity index (χ4v) is 6.63. The number of oxazole rings is 1. The van der Waals surface area contributed by atoms with Crippen molar-refractivity contribution in [2.24, 2.45) is 0 Å². The predicted molar refractivity (Wildman–Crippen MR) is 134 cm³/mol. The van der Waals surface area contributed by atoms with Gasteiger partial charge in [0.25, 0.3) is 10.0 Å². The zero-order chi connectivity index (χ0) is 24.6. The largest absolute Gasteiger partial charge is 0.480 e. The standard InChI is InChI=1S/C26H22N2O5S2/c1-17-22(27-25(33-17)18-7-3-2-4-8-18)16-34-20-11-13-21(14-12-20)35(31,32)28-23-10-6-5-9-19(23)15-24(28)26(29)30/h2-14,24H,15-16H2,1H3,(H,29,30)/t24-/m1/s1. The molecule has 0 aliphatic carbocycles. The number of benzene rings is 3. The number of aliphatic carboxylic acids is 1. The highest BCUT2D eigenvalue weighted by atomic mass is 32.2. The number of carbonyl (C=O) groups is 1. The van der Waals surface area contributed by atoms with Gasteiger partial charge in [-0.2, -0.15) is 0 Å². The number of sulfonamides is 1. The SMILES string of the molecule is Cc1oc(-c2ccccc2)nc1CSc1ccc(S(=O)(=O)N2c3ccccc3C[C@@H]2C(=O)O)cc1. The lowest BCUT2D eigenvalue weighted by Gasteiger charge is -2.24. The number of aromatic nitrogens is 1. The van der Waals surface area contributed by atoms with Gasteiger partial charge in [0.05, 0.1) is 16.3 Å². The van der Waals surface area contributed by atoms with Gasteiger partial charge in [-0.3, -0.25) is 4.31 Å². The number of nitrogens with zero attached hydrogens (tertiary/aromatic N) is 2. The first-order valence-electron chi connectivity index (χ1n) is 10.9. The van der Waals surface area contributed by atoms with Gasteiger partial charge in [0.2, 0.25) is 5.89 Å². The van der Waals surface area contributed by atoms with Crippen molar-refractivity contribution in [1.82, 2.24) is 4.98 Å². The first-order chi connectivity index (χ1) is 16.8. The van der Waals surface area contributed by atoms with E-state index in [1.807, 2.05) is 37.3 Å². The molecule has 0 radical (unpaired) electrons. The van der Waals surface area contributed by atoms with Crippen LogP contribution in [0.15, 0.2) is 93.1 Å². The van der Waals surface area contributed by atoms with Crippen LogP contribution >= 0.6 is 11.8 Å². The van der Waals surface area contributed by atoms with Crippen LogP contribution in [0.3, 0.4) is 0 Å². The van der Waals surface area contributed by atoms with Crippen molar-refractivity contribution < 1.29 is 22.7 Å². The number of rotatable bonds is 7. The number of para-hydroxylation sites is 1. The van der Waals surface area contributed by atoms with Gasteiger partial charge in [-0.25, -0.2) is 18.2 Å². The van der Waals surface area contributed by atoms with Crippen molar-refractivity contribution in [3.63, 3.8) is 0 Å². The first-order valence-corrected chi connectivity index (χ1v) is 13.4. The van der Waals surface area contributed by atoms with Gasteiger partial charge in [-0.05, 0) is 55.0 Å². The van der Waals surface area contributed by atoms with E-state index in [0.717, 1.165) is 26.2 Å². The van der Waals surface area contributed by atoms with E-state index in [0.29, 0.717) is 22.9 Å². The Kier molecular flexibility index (Phi) is 6.12. The van der Waals surface area contributed by atoms with E-state index in [9.17, 15) is 18.3 Å². The molecule has 5 rings (SSSR count). The van der Waals surface area contributed by atoms with E-state index in [-0.39, 0.29) is 11.3 Å². The number of hydrogen-bond donors (Lipinski definition) is 1. The number of fused-ring (bicyclic) bond motifs is 1. The Morgan fingerprint density at radius 1 is 1.06 bits per heavy atom. The number of hydrogen-bond acceptors (Lipinski definition) is 6. The van der Waals surface area contributed by atoms with Crippen molar-refractivity contribution >= 4 is 33.4 Å². The van der Waals surface area contributed by atoms with E-state index < -0.39 is 22.0 Å². The summed E-state index contributed by atoms with van der Waals surface area (Å²) in [4.78, 5) is 17.3. The van der Waals surface area contributed by atoms with Gasteiger partial charge in [-0.1, -0.05) is 36.4 Å². The molecule has 0 bridgehead atoms. The molecule has 1 atom stereocenters. The zero-order valence-corrected chi connectivity index (χ0v) is 20.4. The second kappa shape index (κ2) is 9.24. The number of aryl methyl sites for hydroxylation is 1. The van der Waals surface area contributed by atoms with E-state index in [1.165, 1.54) is 23.9 Å². The second-order valence-electron chi connectivity index (χ2n) is 8.14. The van der Waals surface area contributed by atoms with Crippen molar-refractivity contribution in [2.75, 3.05) is 4.31 Å². The van der Waals surface area contributed by atoms with Crippen LogP contribution in [0.25, 0.3) is 11.5 Å². The highest BCUT2D eigenvalue weighted by Crippen LogP contribution is 2.37. The molecule has 0 saturated heterocycles. The Morgan fingerprint density at radius 3 is 2.46 bits per heavy atom. The Hall–Kier alpha value is -3.56. The molecular formula is C26H22N2O5S2. The van der Waals surface area contributed by atoms with Crippen molar-refractivity contribution in [3.8, 4) is 11.5 Å². The molecule has 4 aromatic rings. The molecule has 1 N–H and O–H groups in total. The summed E-state index contributed by atoms with van der Waals surface area (Å²) in [5, 5.41) is 9.66. The molecule has 0 fully saturated rings. The molecule has 0 amide bonds. The maximum atomic E-state index is 13.4. The summed E-state index contributed by atoms with van der Waals surface area (Å²) in [7, 11) is -4.05. The van der Waals surface area contributed by atoms with Crippen molar-refractivity contribution in [1.29, 1.82) is 0 Å². The number of anilines is 1. The topological polar surface area (TPSA) is 101 Å². The van der Waals surface area contributed by atoms with Crippen LogP contribution in [-0.4, -0.2) is 30.5 Å². The van der Waals surface area contributed by atoms with Crippen LogP contribution in [-0.2, 0) is 27.0 Å². The summed E-state index contributed by atoms with van der Waals surface area (Å²) in [6.07, 6.45) is 0.140. The maximum absolute atomic E-state index is 13.4. The fourth-order valence-electron chi connectivity index (χ4n) is 4.08. The molecule has 1 aromatic heterocycles. The van der Waals surface area contributed by atoms with E-state index >= 15 is 0 Å². The summed E-state index contributed by atoms with van der Waals surface area (Å²) >= 11 is 1.52. The molecule has 0 saturated carbocycles. The minimum atomic E-state index is -4.05. The maximum Gasteiger partial charge on any atom is 0.327 e. The Morgan fingerprint density at radius 2 is 1.74 bits per heavy atom. The first kappa shape index (κ1) is 23.2. The average molecular weight is 507 g/mol. The van der Waals surface area contributed by atoms with Crippen LogP contribution in [0.2, 0.25) is 0 Å². The normalized spacial score (nSPS) is 15.2.